The van der Waals surface area contributed by atoms with Gasteiger partial charge in [0.25, 0.3) is 0 Å². The van der Waals surface area contributed by atoms with Crippen molar-refractivity contribution in [2.45, 2.75) is 20.0 Å². The molecule has 0 saturated carbocycles. The van der Waals surface area contributed by atoms with E-state index >= 15 is 0 Å². The zero-order valence-corrected chi connectivity index (χ0v) is 13.9. The number of nitrogens with one attached hydrogen (secondary N) is 1. The summed E-state index contributed by atoms with van der Waals surface area (Å²) in [7, 11) is -3.54. The molecule has 0 aliphatic carbocycles. The van der Waals surface area contributed by atoms with Gasteiger partial charge in [0.2, 0.25) is 15.9 Å². The second-order valence-corrected chi connectivity index (χ2v) is 7.09. The normalized spacial score (nSPS) is 11.0. The maximum absolute atomic E-state index is 11.6. The van der Waals surface area contributed by atoms with Gasteiger partial charge in [-0.25, -0.2) is 8.42 Å². The van der Waals surface area contributed by atoms with Crippen molar-refractivity contribution in [2.75, 3.05) is 6.26 Å². The predicted octanol–water partition coefficient (Wildman–Crippen LogP) is 2.19. The molecule has 1 N–H and O–H groups in total. The minimum atomic E-state index is -3.54. The minimum absolute atomic E-state index is 0.0192. The smallest absolute Gasteiger partial charge is 0.237 e. The number of amides is 1. The number of sulfonamides is 1. The second kappa shape index (κ2) is 7.28. The molecule has 0 aliphatic rings. The molecule has 2 aromatic rings. The predicted molar refractivity (Wildman–Crippen MR) is 88.6 cm³/mol. The highest BCUT2D eigenvalue weighted by Gasteiger charge is 2.09. The van der Waals surface area contributed by atoms with E-state index in [1.807, 2.05) is 35.9 Å². The van der Waals surface area contributed by atoms with Crippen LogP contribution in [-0.4, -0.2) is 20.6 Å². The molecule has 0 aliphatic heterocycles. The number of ether oxygens (including phenoxy) is 1. The molecular weight excluding hydrogens is 314 g/mol. The van der Waals surface area contributed by atoms with E-state index in [1.54, 1.807) is 24.3 Å². The van der Waals surface area contributed by atoms with Gasteiger partial charge in [-0.05, 0) is 35.7 Å². The highest BCUT2D eigenvalue weighted by Crippen LogP contribution is 2.17. The van der Waals surface area contributed by atoms with Crippen LogP contribution in [0.5, 0.6) is 5.75 Å². The lowest BCUT2D eigenvalue weighted by Gasteiger charge is -2.10. The Labute approximate surface area is 136 Å². The Morgan fingerprint density at radius 2 is 1.87 bits per heavy atom. The van der Waals surface area contributed by atoms with E-state index in [0.717, 1.165) is 17.4 Å². The Balaban J connectivity index is 2.00. The summed E-state index contributed by atoms with van der Waals surface area (Å²) in [4.78, 5) is 11.6. The molecule has 122 valence electrons. The van der Waals surface area contributed by atoms with Crippen LogP contribution in [-0.2, 0) is 27.8 Å². The summed E-state index contributed by atoms with van der Waals surface area (Å²) in [6.07, 6.45) is 0.932. The van der Waals surface area contributed by atoms with Gasteiger partial charge in [0.1, 0.15) is 12.4 Å². The quantitative estimate of drug-likeness (QED) is 0.879. The van der Waals surface area contributed by atoms with Crippen LogP contribution in [0.25, 0.3) is 0 Å². The average molecular weight is 333 g/mol. The van der Waals surface area contributed by atoms with Crippen molar-refractivity contribution in [3.05, 3.63) is 65.2 Å². The third kappa shape index (κ3) is 5.75. The van der Waals surface area contributed by atoms with Crippen molar-refractivity contribution >= 4 is 15.9 Å². The van der Waals surface area contributed by atoms with Gasteiger partial charge in [0.05, 0.1) is 12.7 Å². The maximum Gasteiger partial charge on any atom is 0.237 e. The molecule has 0 spiro atoms. The maximum atomic E-state index is 11.6. The van der Waals surface area contributed by atoms with Crippen LogP contribution in [0.1, 0.15) is 16.7 Å². The second-order valence-electron chi connectivity index (χ2n) is 5.34. The van der Waals surface area contributed by atoms with E-state index in [-0.39, 0.29) is 6.42 Å². The molecule has 0 atom stereocenters. The van der Waals surface area contributed by atoms with E-state index in [4.69, 9.17) is 4.74 Å². The first-order valence-corrected chi connectivity index (χ1v) is 8.99. The number of benzene rings is 2. The van der Waals surface area contributed by atoms with Crippen molar-refractivity contribution in [1.82, 2.24) is 4.72 Å². The summed E-state index contributed by atoms with van der Waals surface area (Å²) < 4.78 is 29.8. The van der Waals surface area contributed by atoms with Crippen LogP contribution >= 0.6 is 0 Å². The molecule has 5 nitrogen and oxygen atoms in total. The lowest BCUT2D eigenvalue weighted by atomic mass is 10.1. The van der Waals surface area contributed by atoms with Gasteiger partial charge < -0.3 is 4.74 Å². The summed E-state index contributed by atoms with van der Waals surface area (Å²) in [5.41, 5.74) is 2.93. The van der Waals surface area contributed by atoms with Gasteiger partial charge in [-0.15, -0.1) is 0 Å². The van der Waals surface area contributed by atoms with Gasteiger partial charge in [-0.3, -0.25) is 9.52 Å². The third-order valence-electron chi connectivity index (χ3n) is 3.22. The molecular formula is C17H19NO4S. The fraction of sp³-hybridized carbons (Fsp3) is 0.235. The Kier molecular flexibility index (Phi) is 5.39. The SMILES string of the molecule is Cc1ccccc1COc1cccc(CC(=O)NS(C)(=O)=O)c1. The first kappa shape index (κ1) is 17.0. The van der Waals surface area contributed by atoms with E-state index in [0.29, 0.717) is 17.9 Å². The minimum Gasteiger partial charge on any atom is -0.489 e. The van der Waals surface area contributed by atoms with Crippen LogP contribution in [0.3, 0.4) is 0 Å². The average Bonchev–Trinajstić information content (AvgIpc) is 2.45. The van der Waals surface area contributed by atoms with E-state index < -0.39 is 15.9 Å². The Morgan fingerprint density at radius 3 is 2.57 bits per heavy atom. The molecule has 0 saturated heterocycles. The molecule has 2 rings (SSSR count). The first-order chi connectivity index (χ1) is 10.8. The highest BCUT2D eigenvalue weighted by atomic mass is 32.2. The zero-order valence-electron chi connectivity index (χ0n) is 13.1. The third-order valence-corrected chi connectivity index (χ3v) is 3.82. The number of carbonyl (C=O) groups excluding carboxylic acids is 1. The number of hydrogen-bond acceptors (Lipinski definition) is 4. The van der Waals surface area contributed by atoms with Gasteiger partial charge in [0.15, 0.2) is 0 Å². The van der Waals surface area contributed by atoms with Gasteiger partial charge in [-0.1, -0.05) is 36.4 Å². The Hall–Kier alpha value is -2.34. The lowest BCUT2D eigenvalue weighted by Crippen LogP contribution is -2.30. The van der Waals surface area contributed by atoms with Crippen LogP contribution < -0.4 is 9.46 Å². The van der Waals surface area contributed by atoms with E-state index in [1.165, 1.54) is 0 Å². The summed E-state index contributed by atoms with van der Waals surface area (Å²) in [5.74, 6) is 0.0708. The van der Waals surface area contributed by atoms with Crippen LogP contribution in [0.15, 0.2) is 48.5 Å². The standard InChI is InChI=1S/C17H19NO4S/c1-13-6-3-4-8-15(13)12-22-16-9-5-7-14(10-16)11-17(19)18-23(2,20)21/h3-10H,11-12H2,1-2H3,(H,18,19). The van der Waals surface area contributed by atoms with Gasteiger partial charge >= 0.3 is 0 Å². The largest absolute Gasteiger partial charge is 0.489 e. The van der Waals surface area contributed by atoms with E-state index in [2.05, 4.69) is 0 Å². The summed E-state index contributed by atoms with van der Waals surface area (Å²) >= 11 is 0. The number of carbonyl (C=O) groups is 1. The summed E-state index contributed by atoms with van der Waals surface area (Å²) in [6, 6.07) is 15.0. The van der Waals surface area contributed by atoms with Crippen molar-refractivity contribution in [2.24, 2.45) is 0 Å². The fourth-order valence-electron chi connectivity index (χ4n) is 2.11. The van der Waals surface area contributed by atoms with Crippen LogP contribution in [0, 0.1) is 6.92 Å². The molecule has 0 unspecified atom stereocenters. The molecule has 0 bridgehead atoms. The molecule has 0 aromatic heterocycles. The number of hydrogen-bond donors (Lipinski definition) is 1. The van der Waals surface area contributed by atoms with Crippen molar-refractivity contribution in [1.29, 1.82) is 0 Å². The molecule has 1 amide bonds. The zero-order chi connectivity index (χ0) is 16.9. The Morgan fingerprint density at radius 1 is 1.13 bits per heavy atom. The summed E-state index contributed by atoms with van der Waals surface area (Å²) in [6.45, 7) is 2.45. The Bertz CT molecular complexity index is 800. The molecule has 0 heterocycles. The molecule has 2 aromatic carbocycles. The molecule has 0 radical (unpaired) electrons. The monoisotopic (exact) mass is 333 g/mol. The van der Waals surface area contributed by atoms with Crippen LogP contribution in [0.4, 0.5) is 0 Å². The highest BCUT2D eigenvalue weighted by molar-refractivity contribution is 7.89. The first-order valence-electron chi connectivity index (χ1n) is 7.10. The summed E-state index contributed by atoms with van der Waals surface area (Å²) in [5, 5.41) is 0. The van der Waals surface area contributed by atoms with Crippen molar-refractivity contribution in [3.63, 3.8) is 0 Å². The van der Waals surface area contributed by atoms with Gasteiger partial charge in [0, 0.05) is 0 Å². The van der Waals surface area contributed by atoms with Crippen molar-refractivity contribution in [3.8, 4) is 5.75 Å². The topological polar surface area (TPSA) is 72.5 Å². The molecule has 23 heavy (non-hydrogen) atoms. The lowest BCUT2D eigenvalue weighted by molar-refractivity contribution is -0.118. The van der Waals surface area contributed by atoms with Crippen molar-refractivity contribution < 1.29 is 17.9 Å². The molecule has 0 fully saturated rings. The molecule has 6 heteroatoms. The van der Waals surface area contributed by atoms with Crippen LogP contribution in [0.2, 0.25) is 0 Å². The van der Waals surface area contributed by atoms with E-state index in [9.17, 15) is 13.2 Å². The number of aryl methyl sites for hydroxylation is 1. The fourth-order valence-corrected chi connectivity index (χ4v) is 2.59. The number of rotatable bonds is 6. The van der Waals surface area contributed by atoms with Gasteiger partial charge in [-0.2, -0.15) is 0 Å².